The first-order chi connectivity index (χ1) is 14.2. The number of pyridine rings is 1. The maximum Gasteiger partial charge on any atom is 0.272 e. The largest absolute Gasteiger partial charge is 0.488 e. The van der Waals surface area contributed by atoms with Gasteiger partial charge in [0, 0.05) is 48.4 Å². The zero-order chi connectivity index (χ0) is 19.5. The number of nitrogens with one attached hydrogen (secondary N) is 1. The van der Waals surface area contributed by atoms with Gasteiger partial charge in [0.25, 0.3) is 11.5 Å². The molecular formula is C22H20N4O3. The Hall–Kier alpha value is -3.35. The quantitative estimate of drug-likeness (QED) is 0.694. The van der Waals surface area contributed by atoms with E-state index in [0.717, 1.165) is 34.7 Å². The molecule has 0 spiro atoms. The molecule has 0 radical (unpaired) electrons. The first kappa shape index (κ1) is 16.6. The van der Waals surface area contributed by atoms with Gasteiger partial charge in [0.15, 0.2) is 0 Å². The zero-order valence-electron chi connectivity index (χ0n) is 15.8. The topological polar surface area (TPSA) is 80.2 Å². The second-order valence-electron chi connectivity index (χ2n) is 8.12. The fraction of sp³-hybridized carbons (Fsp3) is 0.318. The average Bonchev–Trinajstić information content (AvgIpc) is 3.18. The SMILES string of the molecule is O=C(c1[nH]nc2c1COc1ccccc1-2)N1CC2CC(C1)c1cccc(=O)n1C2. The molecule has 6 rings (SSSR count). The summed E-state index contributed by atoms with van der Waals surface area (Å²) >= 11 is 0. The lowest BCUT2D eigenvalue weighted by Gasteiger charge is -2.42. The smallest absolute Gasteiger partial charge is 0.272 e. The summed E-state index contributed by atoms with van der Waals surface area (Å²) in [5, 5.41) is 7.41. The lowest BCUT2D eigenvalue weighted by Crippen LogP contribution is -2.49. The Balaban J connectivity index is 1.33. The molecule has 0 saturated carbocycles. The monoisotopic (exact) mass is 388 g/mol. The number of carbonyl (C=O) groups excluding carboxylic acids is 1. The first-order valence-electron chi connectivity index (χ1n) is 9.97. The van der Waals surface area contributed by atoms with Gasteiger partial charge in [-0.15, -0.1) is 0 Å². The third-order valence-corrected chi connectivity index (χ3v) is 6.36. The van der Waals surface area contributed by atoms with Gasteiger partial charge in [0.1, 0.15) is 23.7 Å². The molecule has 146 valence electrons. The number of aromatic amines is 1. The van der Waals surface area contributed by atoms with E-state index in [1.54, 1.807) is 6.07 Å². The fourth-order valence-electron chi connectivity index (χ4n) is 5.06. The molecule has 2 bridgehead atoms. The number of likely N-dealkylation sites (tertiary alicyclic amines) is 1. The highest BCUT2D eigenvalue weighted by Gasteiger charge is 2.38. The third-order valence-electron chi connectivity index (χ3n) is 6.36. The highest BCUT2D eigenvalue weighted by Crippen LogP contribution is 2.39. The molecule has 2 atom stereocenters. The minimum Gasteiger partial charge on any atom is -0.488 e. The van der Waals surface area contributed by atoms with E-state index < -0.39 is 0 Å². The molecule has 3 aliphatic rings. The summed E-state index contributed by atoms with van der Waals surface area (Å²) in [5.74, 6) is 1.24. The highest BCUT2D eigenvalue weighted by atomic mass is 16.5. The molecule has 1 fully saturated rings. The zero-order valence-corrected chi connectivity index (χ0v) is 15.8. The predicted molar refractivity (Wildman–Crippen MR) is 106 cm³/mol. The van der Waals surface area contributed by atoms with Crippen molar-refractivity contribution in [3.8, 4) is 17.0 Å². The summed E-state index contributed by atoms with van der Waals surface area (Å²) in [4.78, 5) is 27.5. The van der Waals surface area contributed by atoms with Crippen LogP contribution in [0, 0.1) is 5.92 Å². The van der Waals surface area contributed by atoms with Crippen LogP contribution in [0.25, 0.3) is 11.3 Å². The van der Waals surface area contributed by atoms with Crippen molar-refractivity contribution in [3.05, 3.63) is 69.8 Å². The lowest BCUT2D eigenvalue weighted by atomic mass is 9.83. The summed E-state index contributed by atoms with van der Waals surface area (Å²) < 4.78 is 7.73. The van der Waals surface area contributed by atoms with Gasteiger partial charge < -0.3 is 14.2 Å². The molecule has 29 heavy (non-hydrogen) atoms. The van der Waals surface area contributed by atoms with Crippen LogP contribution in [0.4, 0.5) is 0 Å². The maximum absolute atomic E-state index is 13.4. The molecular weight excluding hydrogens is 368 g/mol. The molecule has 5 heterocycles. The molecule has 2 aromatic heterocycles. The molecule has 7 nitrogen and oxygen atoms in total. The average molecular weight is 388 g/mol. The number of carbonyl (C=O) groups is 1. The normalized spacial score (nSPS) is 21.6. The van der Waals surface area contributed by atoms with Crippen LogP contribution in [0.1, 0.15) is 34.1 Å². The second kappa shape index (κ2) is 6.07. The van der Waals surface area contributed by atoms with E-state index in [4.69, 9.17) is 4.74 Å². The number of fused-ring (bicyclic) bond motifs is 7. The summed E-state index contributed by atoms with van der Waals surface area (Å²) in [6.45, 7) is 2.28. The van der Waals surface area contributed by atoms with Crippen molar-refractivity contribution in [1.82, 2.24) is 19.7 Å². The van der Waals surface area contributed by atoms with Crippen molar-refractivity contribution in [3.63, 3.8) is 0 Å². The van der Waals surface area contributed by atoms with Crippen LogP contribution < -0.4 is 10.3 Å². The number of ether oxygens (including phenoxy) is 1. The highest BCUT2D eigenvalue weighted by molar-refractivity contribution is 5.96. The summed E-state index contributed by atoms with van der Waals surface area (Å²) in [6, 6.07) is 13.2. The number of benzene rings is 1. The minimum absolute atomic E-state index is 0.0387. The van der Waals surface area contributed by atoms with Gasteiger partial charge in [0.05, 0.1) is 0 Å². The van der Waals surface area contributed by atoms with Crippen molar-refractivity contribution >= 4 is 5.91 Å². The van der Waals surface area contributed by atoms with Gasteiger partial charge in [-0.25, -0.2) is 0 Å². The van der Waals surface area contributed by atoms with Crippen LogP contribution in [-0.2, 0) is 13.2 Å². The van der Waals surface area contributed by atoms with Gasteiger partial charge in [-0.2, -0.15) is 5.10 Å². The standard InChI is InChI=1S/C22H20N4O3/c27-19-7-3-5-17-14-8-13(10-26(17)19)9-25(11-14)22(28)21-16-12-29-18-6-2-1-4-15(18)20(16)23-24-21/h1-7,13-14H,8-12H2,(H,23,24). The first-order valence-corrected chi connectivity index (χ1v) is 9.97. The minimum atomic E-state index is -0.0387. The van der Waals surface area contributed by atoms with E-state index in [-0.39, 0.29) is 17.4 Å². The summed E-state index contributed by atoms with van der Waals surface area (Å²) in [7, 11) is 0. The Kier molecular flexibility index (Phi) is 3.47. The number of piperidine rings is 1. The molecule has 1 N–H and O–H groups in total. The summed E-state index contributed by atoms with van der Waals surface area (Å²) in [5.41, 5.74) is 4.13. The molecule has 3 aromatic rings. The van der Waals surface area contributed by atoms with E-state index >= 15 is 0 Å². The number of nitrogens with zero attached hydrogens (tertiary/aromatic N) is 3. The van der Waals surface area contributed by atoms with Crippen molar-refractivity contribution in [2.45, 2.75) is 25.5 Å². The van der Waals surface area contributed by atoms with Crippen LogP contribution in [0.3, 0.4) is 0 Å². The van der Waals surface area contributed by atoms with Crippen molar-refractivity contribution < 1.29 is 9.53 Å². The van der Waals surface area contributed by atoms with Crippen LogP contribution in [-0.4, -0.2) is 38.7 Å². The van der Waals surface area contributed by atoms with Gasteiger partial charge >= 0.3 is 0 Å². The maximum atomic E-state index is 13.4. The van der Waals surface area contributed by atoms with Crippen molar-refractivity contribution in [2.75, 3.05) is 13.1 Å². The number of rotatable bonds is 1. The molecule has 7 heteroatoms. The Bertz CT molecular complexity index is 1190. The Labute approximate surface area is 166 Å². The molecule has 1 amide bonds. The molecule has 0 aliphatic carbocycles. The lowest BCUT2D eigenvalue weighted by molar-refractivity contribution is 0.0586. The molecule has 2 unspecified atom stereocenters. The molecule has 1 aromatic carbocycles. The van der Waals surface area contributed by atoms with Gasteiger partial charge in [-0.3, -0.25) is 14.7 Å². The number of aromatic nitrogens is 3. The van der Waals surface area contributed by atoms with E-state index in [2.05, 4.69) is 10.2 Å². The van der Waals surface area contributed by atoms with Crippen molar-refractivity contribution in [1.29, 1.82) is 0 Å². The number of amides is 1. The fourth-order valence-corrected chi connectivity index (χ4v) is 5.06. The van der Waals surface area contributed by atoms with E-state index in [1.165, 1.54) is 0 Å². The number of H-pyrrole nitrogens is 1. The van der Waals surface area contributed by atoms with Gasteiger partial charge in [0.2, 0.25) is 0 Å². The van der Waals surface area contributed by atoms with Gasteiger partial charge in [-0.05, 0) is 30.5 Å². The van der Waals surface area contributed by atoms with Crippen LogP contribution in [0.5, 0.6) is 5.75 Å². The summed E-state index contributed by atoms with van der Waals surface area (Å²) in [6.07, 6.45) is 1.02. The van der Waals surface area contributed by atoms with E-state index in [9.17, 15) is 9.59 Å². The van der Waals surface area contributed by atoms with Crippen LogP contribution in [0.2, 0.25) is 0 Å². The van der Waals surface area contributed by atoms with E-state index in [1.807, 2.05) is 45.9 Å². The predicted octanol–water partition coefficient (Wildman–Crippen LogP) is 2.39. The van der Waals surface area contributed by atoms with Gasteiger partial charge in [-0.1, -0.05) is 18.2 Å². The Morgan fingerprint density at radius 1 is 1.10 bits per heavy atom. The van der Waals surface area contributed by atoms with Crippen LogP contribution in [0.15, 0.2) is 47.3 Å². The Morgan fingerprint density at radius 3 is 2.93 bits per heavy atom. The number of para-hydroxylation sites is 1. The Morgan fingerprint density at radius 2 is 2.00 bits per heavy atom. The number of hydrogen-bond acceptors (Lipinski definition) is 4. The van der Waals surface area contributed by atoms with Crippen molar-refractivity contribution in [2.24, 2.45) is 5.92 Å². The molecule has 3 aliphatic heterocycles. The molecule has 1 saturated heterocycles. The van der Waals surface area contributed by atoms with Crippen LogP contribution >= 0.6 is 0 Å². The van der Waals surface area contributed by atoms with E-state index in [0.29, 0.717) is 37.9 Å². The second-order valence-corrected chi connectivity index (χ2v) is 8.12. The third kappa shape index (κ3) is 2.46. The number of hydrogen-bond donors (Lipinski definition) is 1.